The van der Waals surface area contributed by atoms with Crippen LogP contribution in [0.25, 0.3) is 0 Å². The van der Waals surface area contributed by atoms with Crippen molar-refractivity contribution in [2.75, 3.05) is 26.5 Å². The SMILES string of the molecule is CC(=O)Oc1ccc(NC(=O)N(C)C(=O)N(C)C)cc1. The maximum Gasteiger partial charge on any atom is 0.329 e. The highest BCUT2D eigenvalue weighted by molar-refractivity contribution is 6.00. The molecule has 0 fully saturated rings. The smallest absolute Gasteiger partial charge is 0.329 e. The first kappa shape index (κ1) is 15.5. The molecule has 7 heteroatoms. The molecule has 1 N–H and O–H groups in total. The predicted molar refractivity (Wildman–Crippen MR) is 73.6 cm³/mol. The summed E-state index contributed by atoms with van der Waals surface area (Å²) in [6.07, 6.45) is 0. The fourth-order valence-corrected chi connectivity index (χ4v) is 1.37. The van der Waals surface area contributed by atoms with E-state index in [0.29, 0.717) is 11.4 Å². The van der Waals surface area contributed by atoms with E-state index in [-0.39, 0.29) is 0 Å². The molecule has 1 rings (SSSR count). The Kier molecular flexibility index (Phi) is 5.08. The molecule has 0 saturated carbocycles. The maximum absolute atomic E-state index is 11.8. The number of carbonyl (C=O) groups excluding carboxylic acids is 3. The Morgan fingerprint density at radius 2 is 1.60 bits per heavy atom. The Labute approximate surface area is 117 Å². The van der Waals surface area contributed by atoms with Gasteiger partial charge in [-0.15, -0.1) is 0 Å². The maximum atomic E-state index is 11.8. The molecule has 1 aromatic rings. The minimum Gasteiger partial charge on any atom is -0.427 e. The van der Waals surface area contributed by atoms with Crippen LogP contribution in [0.15, 0.2) is 24.3 Å². The number of benzene rings is 1. The van der Waals surface area contributed by atoms with Gasteiger partial charge in [0.05, 0.1) is 0 Å². The molecule has 0 heterocycles. The first-order valence-corrected chi connectivity index (χ1v) is 5.85. The van der Waals surface area contributed by atoms with E-state index >= 15 is 0 Å². The number of imide groups is 1. The number of hydrogen-bond donors (Lipinski definition) is 1. The molecule has 0 aliphatic carbocycles. The zero-order chi connectivity index (χ0) is 15.3. The van der Waals surface area contributed by atoms with E-state index in [9.17, 15) is 14.4 Å². The van der Waals surface area contributed by atoms with Crippen LogP contribution in [0.3, 0.4) is 0 Å². The van der Waals surface area contributed by atoms with E-state index < -0.39 is 18.0 Å². The van der Waals surface area contributed by atoms with Crippen LogP contribution < -0.4 is 10.1 Å². The Morgan fingerprint density at radius 1 is 1.05 bits per heavy atom. The van der Waals surface area contributed by atoms with Crippen molar-refractivity contribution in [3.8, 4) is 5.75 Å². The van der Waals surface area contributed by atoms with E-state index in [1.165, 1.54) is 18.9 Å². The van der Waals surface area contributed by atoms with Gasteiger partial charge in [-0.25, -0.2) is 14.5 Å². The van der Waals surface area contributed by atoms with Gasteiger partial charge in [0.2, 0.25) is 0 Å². The molecule has 0 saturated heterocycles. The lowest BCUT2D eigenvalue weighted by molar-refractivity contribution is -0.131. The molecule has 0 unspecified atom stereocenters. The third kappa shape index (κ3) is 4.27. The normalized spacial score (nSPS) is 9.60. The summed E-state index contributed by atoms with van der Waals surface area (Å²) in [6.45, 7) is 1.30. The van der Waals surface area contributed by atoms with E-state index in [1.54, 1.807) is 38.4 Å². The van der Waals surface area contributed by atoms with Crippen molar-refractivity contribution in [3.63, 3.8) is 0 Å². The number of nitrogens with one attached hydrogen (secondary N) is 1. The van der Waals surface area contributed by atoms with E-state index in [1.807, 2.05) is 0 Å². The average molecular weight is 279 g/mol. The summed E-state index contributed by atoms with van der Waals surface area (Å²) < 4.78 is 4.87. The molecule has 0 spiro atoms. The number of ether oxygens (including phenoxy) is 1. The monoisotopic (exact) mass is 279 g/mol. The number of carbonyl (C=O) groups is 3. The average Bonchev–Trinajstić information content (AvgIpc) is 2.38. The minimum absolute atomic E-state index is 0.383. The third-order valence-corrected chi connectivity index (χ3v) is 2.34. The molecule has 4 amide bonds. The molecule has 0 atom stereocenters. The summed E-state index contributed by atoms with van der Waals surface area (Å²) in [6, 6.07) is 5.26. The van der Waals surface area contributed by atoms with Gasteiger partial charge in [-0.2, -0.15) is 0 Å². The zero-order valence-corrected chi connectivity index (χ0v) is 11.8. The quantitative estimate of drug-likeness (QED) is 0.661. The number of anilines is 1. The van der Waals surface area contributed by atoms with Crippen LogP contribution in [0.4, 0.5) is 15.3 Å². The van der Waals surface area contributed by atoms with Crippen LogP contribution in [0.5, 0.6) is 5.75 Å². The molecule has 7 nitrogen and oxygen atoms in total. The van der Waals surface area contributed by atoms with Gasteiger partial charge in [-0.3, -0.25) is 4.79 Å². The van der Waals surface area contributed by atoms with Gasteiger partial charge in [0.1, 0.15) is 5.75 Å². The second-order valence-corrected chi connectivity index (χ2v) is 4.28. The van der Waals surface area contributed by atoms with Gasteiger partial charge in [-0.1, -0.05) is 0 Å². The minimum atomic E-state index is -0.552. The standard InChI is InChI=1S/C13H17N3O4/c1-9(17)20-11-7-5-10(6-8-11)14-12(18)16(4)13(19)15(2)3/h5-8H,1-4H3,(H,14,18). The molecular formula is C13H17N3O4. The van der Waals surface area contributed by atoms with Gasteiger partial charge in [0, 0.05) is 33.8 Å². The molecule has 0 aliphatic rings. The van der Waals surface area contributed by atoms with Gasteiger partial charge >= 0.3 is 18.0 Å². The molecule has 1 aromatic carbocycles. The van der Waals surface area contributed by atoms with Gasteiger partial charge < -0.3 is 15.0 Å². The van der Waals surface area contributed by atoms with Crippen LogP contribution in [0.2, 0.25) is 0 Å². The molecule has 108 valence electrons. The number of nitrogens with zero attached hydrogens (tertiary/aromatic N) is 2. The van der Waals surface area contributed by atoms with Crippen molar-refractivity contribution >= 4 is 23.7 Å². The van der Waals surface area contributed by atoms with Crippen molar-refractivity contribution in [1.29, 1.82) is 0 Å². The lowest BCUT2D eigenvalue weighted by Gasteiger charge is -2.20. The second-order valence-electron chi connectivity index (χ2n) is 4.28. The Hall–Kier alpha value is -2.57. The van der Waals surface area contributed by atoms with Crippen LogP contribution in [-0.2, 0) is 4.79 Å². The van der Waals surface area contributed by atoms with Crippen molar-refractivity contribution in [2.24, 2.45) is 0 Å². The highest BCUT2D eigenvalue weighted by Crippen LogP contribution is 2.16. The lowest BCUT2D eigenvalue weighted by Crippen LogP contribution is -2.42. The first-order valence-electron chi connectivity index (χ1n) is 5.85. The summed E-state index contributed by atoms with van der Waals surface area (Å²) in [5.41, 5.74) is 0.490. The Balaban J connectivity index is 2.67. The second kappa shape index (κ2) is 6.55. The van der Waals surface area contributed by atoms with Gasteiger partial charge in [-0.05, 0) is 24.3 Å². The highest BCUT2D eigenvalue weighted by atomic mass is 16.5. The summed E-state index contributed by atoms with van der Waals surface area (Å²) in [5.74, 6) is -0.0358. The van der Waals surface area contributed by atoms with Crippen LogP contribution in [0.1, 0.15) is 6.92 Å². The lowest BCUT2D eigenvalue weighted by atomic mass is 10.3. The fraction of sp³-hybridized carbons (Fsp3) is 0.308. The molecule has 0 aliphatic heterocycles. The van der Waals surface area contributed by atoms with Crippen LogP contribution in [0, 0.1) is 0 Å². The highest BCUT2D eigenvalue weighted by Gasteiger charge is 2.18. The fourth-order valence-electron chi connectivity index (χ4n) is 1.37. The summed E-state index contributed by atoms with van der Waals surface area (Å²) in [7, 11) is 4.49. The zero-order valence-electron chi connectivity index (χ0n) is 11.8. The van der Waals surface area contributed by atoms with Crippen LogP contribution >= 0.6 is 0 Å². The first-order chi connectivity index (χ1) is 9.31. The van der Waals surface area contributed by atoms with Crippen molar-refractivity contribution in [1.82, 2.24) is 9.80 Å². The number of rotatable bonds is 2. The number of amides is 4. The van der Waals surface area contributed by atoms with E-state index in [2.05, 4.69) is 5.32 Å². The Morgan fingerprint density at radius 3 is 2.05 bits per heavy atom. The predicted octanol–water partition coefficient (Wildman–Crippen LogP) is 1.76. The van der Waals surface area contributed by atoms with Gasteiger partial charge in [0.25, 0.3) is 0 Å². The summed E-state index contributed by atoms with van der Waals surface area (Å²) in [5, 5.41) is 2.56. The number of esters is 1. The van der Waals surface area contributed by atoms with Crippen LogP contribution in [-0.4, -0.2) is 49.0 Å². The Bertz CT molecular complexity index is 511. The van der Waals surface area contributed by atoms with Gasteiger partial charge in [0.15, 0.2) is 0 Å². The van der Waals surface area contributed by atoms with E-state index in [4.69, 9.17) is 4.74 Å². The molecule has 0 bridgehead atoms. The van der Waals surface area contributed by atoms with E-state index in [0.717, 1.165) is 4.90 Å². The van der Waals surface area contributed by atoms with Crippen molar-refractivity contribution in [2.45, 2.75) is 6.92 Å². The molecule has 0 radical (unpaired) electrons. The summed E-state index contributed by atoms with van der Waals surface area (Å²) >= 11 is 0. The number of urea groups is 2. The van der Waals surface area contributed by atoms with Crippen molar-refractivity contribution < 1.29 is 19.1 Å². The third-order valence-electron chi connectivity index (χ3n) is 2.34. The molecule has 0 aromatic heterocycles. The molecular weight excluding hydrogens is 262 g/mol. The topological polar surface area (TPSA) is 79.0 Å². The molecule has 20 heavy (non-hydrogen) atoms. The van der Waals surface area contributed by atoms with Crippen molar-refractivity contribution in [3.05, 3.63) is 24.3 Å². The largest absolute Gasteiger partial charge is 0.427 e. The summed E-state index contributed by atoms with van der Waals surface area (Å²) in [4.78, 5) is 36.4. The number of hydrogen-bond acceptors (Lipinski definition) is 4.